The van der Waals surface area contributed by atoms with Crippen molar-refractivity contribution in [2.24, 2.45) is 0 Å². The zero-order chi connectivity index (χ0) is 20.1. The van der Waals surface area contributed by atoms with E-state index in [0.717, 1.165) is 50.4 Å². The molecule has 0 N–H and O–H groups in total. The molecular formula is C25H28N2OS. The monoisotopic (exact) mass is 404 g/mol. The zero-order valence-corrected chi connectivity index (χ0v) is 17.8. The largest absolute Gasteiger partial charge is 0.335 e. The Morgan fingerprint density at radius 1 is 1.00 bits per heavy atom. The van der Waals surface area contributed by atoms with Gasteiger partial charge < -0.3 is 4.90 Å². The van der Waals surface area contributed by atoms with Gasteiger partial charge >= 0.3 is 0 Å². The van der Waals surface area contributed by atoms with E-state index in [1.807, 2.05) is 11.0 Å². The lowest BCUT2D eigenvalue weighted by Crippen LogP contribution is -2.48. The molecule has 1 aliphatic rings. The summed E-state index contributed by atoms with van der Waals surface area (Å²) >= 11 is 1.66. The summed E-state index contributed by atoms with van der Waals surface area (Å²) in [5.41, 5.74) is 2.47. The molecule has 0 bridgehead atoms. The molecule has 1 amide bonds. The molecule has 0 unspecified atom stereocenters. The Bertz CT molecular complexity index is 984. The predicted octanol–water partition coefficient (Wildman–Crippen LogP) is 5.33. The fourth-order valence-corrected chi connectivity index (χ4v) is 5.17. The van der Waals surface area contributed by atoms with Crippen molar-refractivity contribution < 1.29 is 4.79 Å². The number of carbonyl (C=O) groups is 1. The topological polar surface area (TPSA) is 23.6 Å². The number of amides is 1. The van der Waals surface area contributed by atoms with Gasteiger partial charge in [-0.3, -0.25) is 9.69 Å². The van der Waals surface area contributed by atoms with E-state index in [2.05, 4.69) is 72.5 Å². The number of hydrogen-bond donors (Lipinski definition) is 0. The van der Waals surface area contributed by atoms with Gasteiger partial charge in [0.1, 0.15) is 0 Å². The quantitative estimate of drug-likeness (QED) is 0.555. The fraction of sp³-hybridized carbons (Fsp3) is 0.320. The van der Waals surface area contributed by atoms with Crippen molar-refractivity contribution in [3.05, 3.63) is 76.7 Å². The van der Waals surface area contributed by atoms with E-state index in [9.17, 15) is 4.79 Å². The van der Waals surface area contributed by atoms with Crippen LogP contribution >= 0.6 is 11.3 Å². The molecule has 0 spiro atoms. The second kappa shape index (κ2) is 9.38. The molecule has 3 nitrogen and oxygen atoms in total. The number of hydrogen-bond acceptors (Lipinski definition) is 3. The SMILES string of the molecule is CCCc1c(C(=O)N2CCN(C/C=C/c3ccccc3)CC2)sc2ccccc12. The third-order valence-corrected chi connectivity index (χ3v) is 6.73. The molecule has 1 saturated heterocycles. The average Bonchev–Trinajstić information content (AvgIpc) is 3.13. The van der Waals surface area contributed by atoms with E-state index in [4.69, 9.17) is 0 Å². The van der Waals surface area contributed by atoms with Gasteiger partial charge in [0.05, 0.1) is 4.88 Å². The minimum Gasteiger partial charge on any atom is -0.335 e. The minimum atomic E-state index is 0.217. The van der Waals surface area contributed by atoms with Gasteiger partial charge in [-0.25, -0.2) is 0 Å². The summed E-state index contributed by atoms with van der Waals surface area (Å²) < 4.78 is 1.23. The summed E-state index contributed by atoms with van der Waals surface area (Å²) in [5.74, 6) is 0.217. The molecule has 3 aromatic rings. The Hall–Kier alpha value is -2.43. The molecule has 4 rings (SSSR count). The van der Waals surface area contributed by atoms with E-state index >= 15 is 0 Å². The molecule has 1 aliphatic heterocycles. The van der Waals surface area contributed by atoms with Crippen LogP contribution in [-0.4, -0.2) is 48.4 Å². The number of thiophene rings is 1. The van der Waals surface area contributed by atoms with E-state index in [0.29, 0.717) is 0 Å². The standard InChI is InChI=1S/C25H28N2OS/c1-2-9-22-21-13-6-7-14-23(21)29-24(22)25(28)27-18-16-26(17-19-27)15-8-12-20-10-4-3-5-11-20/h3-8,10-14H,2,9,15-19H2,1H3/b12-8+. The van der Waals surface area contributed by atoms with Gasteiger partial charge in [-0.1, -0.05) is 74.0 Å². The van der Waals surface area contributed by atoms with Crippen molar-refractivity contribution in [3.63, 3.8) is 0 Å². The van der Waals surface area contributed by atoms with Crippen molar-refractivity contribution in [2.45, 2.75) is 19.8 Å². The summed E-state index contributed by atoms with van der Waals surface area (Å²) in [7, 11) is 0. The first-order valence-electron chi connectivity index (χ1n) is 10.5. The van der Waals surface area contributed by atoms with Crippen LogP contribution < -0.4 is 0 Å². The fourth-order valence-electron chi connectivity index (χ4n) is 3.95. The Labute approximate surface area is 177 Å². The number of nitrogens with zero attached hydrogens (tertiary/aromatic N) is 2. The van der Waals surface area contributed by atoms with Crippen LogP contribution in [0.15, 0.2) is 60.7 Å². The van der Waals surface area contributed by atoms with Crippen LogP contribution in [0, 0.1) is 0 Å². The van der Waals surface area contributed by atoms with Crippen LogP contribution in [0.3, 0.4) is 0 Å². The van der Waals surface area contributed by atoms with E-state index in [-0.39, 0.29) is 5.91 Å². The van der Waals surface area contributed by atoms with Gasteiger partial charge in [-0.05, 0) is 29.0 Å². The van der Waals surface area contributed by atoms with Crippen molar-refractivity contribution in [1.82, 2.24) is 9.80 Å². The Kier molecular flexibility index (Phi) is 6.43. The van der Waals surface area contributed by atoms with Crippen LogP contribution in [0.1, 0.15) is 34.1 Å². The highest BCUT2D eigenvalue weighted by atomic mass is 32.1. The third kappa shape index (κ3) is 4.60. The highest BCUT2D eigenvalue weighted by Gasteiger charge is 2.25. The van der Waals surface area contributed by atoms with Gasteiger partial charge in [-0.15, -0.1) is 11.3 Å². The number of carbonyl (C=O) groups excluding carboxylic acids is 1. The Balaban J connectivity index is 1.38. The molecule has 29 heavy (non-hydrogen) atoms. The summed E-state index contributed by atoms with van der Waals surface area (Å²) in [6, 6.07) is 18.8. The maximum absolute atomic E-state index is 13.3. The Morgan fingerprint density at radius 2 is 1.72 bits per heavy atom. The molecule has 0 radical (unpaired) electrons. The van der Waals surface area contributed by atoms with Crippen molar-refractivity contribution >= 4 is 33.4 Å². The van der Waals surface area contributed by atoms with Crippen LogP contribution in [0.4, 0.5) is 0 Å². The first-order chi connectivity index (χ1) is 14.3. The molecule has 2 aromatic carbocycles. The highest BCUT2D eigenvalue weighted by Crippen LogP contribution is 2.33. The Morgan fingerprint density at radius 3 is 2.48 bits per heavy atom. The molecule has 4 heteroatoms. The van der Waals surface area contributed by atoms with E-state index in [1.165, 1.54) is 21.2 Å². The molecule has 2 heterocycles. The number of piperazine rings is 1. The highest BCUT2D eigenvalue weighted by molar-refractivity contribution is 7.21. The van der Waals surface area contributed by atoms with Crippen LogP contribution in [0.2, 0.25) is 0 Å². The minimum absolute atomic E-state index is 0.217. The number of fused-ring (bicyclic) bond motifs is 1. The molecule has 1 fully saturated rings. The van der Waals surface area contributed by atoms with Crippen molar-refractivity contribution in [1.29, 1.82) is 0 Å². The number of rotatable bonds is 6. The first-order valence-corrected chi connectivity index (χ1v) is 11.3. The second-order valence-electron chi connectivity index (χ2n) is 7.56. The average molecular weight is 405 g/mol. The van der Waals surface area contributed by atoms with Gasteiger partial charge in [0.25, 0.3) is 5.91 Å². The predicted molar refractivity (Wildman–Crippen MR) is 124 cm³/mol. The third-order valence-electron chi connectivity index (χ3n) is 5.53. The van der Waals surface area contributed by atoms with Gasteiger partial charge in [0.15, 0.2) is 0 Å². The molecule has 150 valence electrons. The van der Waals surface area contributed by atoms with Crippen LogP contribution in [0.5, 0.6) is 0 Å². The lowest BCUT2D eigenvalue weighted by molar-refractivity contribution is 0.0654. The number of benzene rings is 2. The molecule has 0 aliphatic carbocycles. The lowest BCUT2D eigenvalue weighted by atomic mass is 10.1. The van der Waals surface area contributed by atoms with Gasteiger partial charge in [-0.2, -0.15) is 0 Å². The van der Waals surface area contributed by atoms with Crippen molar-refractivity contribution in [2.75, 3.05) is 32.7 Å². The smallest absolute Gasteiger partial charge is 0.264 e. The van der Waals surface area contributed by atoms with E-state index < -0.39 is 0 Å². The normalized spacial score (nSPS) is 15.4. The zero-order valence-electron chi connectivity index (χ0n) is 17.0. The maximum atomic E-state index is 13.3. The summed E-state index contributed by atoms with van der Waals surface area (Å²) in [6.07, 6.45) is 6.42. The second-order valence-corrected chi connectivity index (χ2v) is 8.61. The summed E-state index contributed by atoms with van der Waals surface area (Å²) in [4.78, 5) is 18.7. The van der Waals surface area contributed by atoms with Crippen LogP contribution in [-0.2, 0) is 6.42 Å². The van der Waals surface area contributed by atoms with E-state index in [1.54, 1.807) is 11.3 Å². The number of aryl methyl sites for hydroxylation is 1. The molecule has 0 atom stereocenters. The molecule has 0 saturated carbocycles. The lowest BCUT2D eigenvalue weighted by Gasteiger charge is -2.34. The van der Waals surface area contributed by atoms with Crippen molar-refractivity contribution in [3.8, 4) is 0 Å². The molecular weight excluding hydrogens is 376 g/mol. The summed E-state index contributed by atoms with van der Waals surface area (Å²) in [5, 5.41) is 1.26. The first kappa shape index (κ1) is 19.9. The maximum Gasteiger partial charge on any atom is 0.264 e. The molecule has 1 aromatic heterocycles. The van der Waals surface area contributed by atoms with Gasteiger partial charge in [0.2, 0.25) is 0 Å². The summed E-state index contributed by atoms with van der Waals surface area (Å²) in [6.45, 7) is 6.58. The van der Waals surface area contributed by atoms with Crippen LogP contribution in [0.25, 0.3) is 16.2 Å². The van der Waals surface area contributed by atoms with Gasteiger partial charge in [0, 0.05) is 37.4 Å².